The second kappa shape index (κ2) is 5.50. The first kappa shape index (κ1) is 13.9. The quantitative estimate of drug-likeness (QED) is 0.646. The molecule has 5 nitrogen and oxygen atoms in total. The van der Waals surface area contributed by atoms with E-state index in [2.05, 4.69) is 5.10 Å². The Morgan fingerprint density at radius 2 is 1.78 bits per heavy atom. The molecular weight excluding hydrogens is 290 g/mol. The van der Waals surface area contributed by atoms with Crippen molar-refractivity contribution in [1.82, 2.24) is 9.78 Å². The first-order chi connectivity index (χ1) is 11.2. The molecule has 23 heavy (non-hydrogen) atoms. The summed E-state index contributed by atoms with van der Waals surface area (Å²) >= 11 is 0. The van der Waals surface area contributed by atoms with E-state index in [9.17, 15) is 9.59 Å². The third kappa shape index (κ3) is 2.38. The number of amides is 2. The van der Waals surface area contributed by atoms with Gasteiger partial charge in [-0.15, -0.1) is 0 Å². The number of hydrogen-bond donors (Lipinski definition) is 0. The molecule has 116 valence electrons. The number of allylic oxidation sites excluding steroid dienone is 2. The molecule has 0 unspecified atom stereocenters. The number of aromatic nitrogens is 2. The first-order valence-electron chi connectivity index (χ1n) is 7.83. The standard InChI is InChI=1S/C18H17N3O2/c22-17-15-7-1-2-8-16(15)18(23)21(17)14-6-3-5-13(11-14)12-20-10-4-9-19-20/h1-6,9-11,15-16H,7-8,12H2/t15-,16-/m1/s1. The maximum Gasteiger partial charge on any atom is 0.238 e. The van der Waals surface area contributed by atoms with Gasteiger partial charge in [-0.05, 0) is 36.6 Å². The highest BCUT2D eigenvalue weighted by molar-refractivity contribution is 6.22. The molecule has 5 heteroatoms. The van der Waals surface area contributed by atoms with Crippen LogP contribution in [0.25, 0.3) is 0 Å². The highest BCUT2D eigenvalue weighted by Crippen LogP contribution is 2.37. The number of rotatable bonds is 3. The van der Waals surface area contributed by atoms with Crippen molar-refractivity contribution in [3.63, 3.8) is 0 Å². The number of carbonyl (C=O) groups is 2. The van der Waals surface area contributed by atoms with E-state index in [4.69, 9.17) is 0 Å². The van der Waals surface area contributed by atoms with Crippen LogP contribution in [0.5, 0.6) is 0 Å². The smallest absolute Gasteiger partial charge is 0.238 e. The highest BCUT2D eigenvalue weighted by atomic mass is 16.2. The van der Waals surface area contributed by atoms with Gasteiger partial charge in [0.25, 0.3) is 0 Å². The fourth-order valence-corrected chi connectivity index (χ4v) is 3.43. The van der Waals surface area contributed by atoms with Gasteiger partial charge in [0.2, 0.25) is 11.8 Å². The molecule has 1 aliphatic carbocycles. The van der Waals surface area contributed by atoms with Crippen molar-refractivity contribution in [3.05, 3.63) is 60.4 Å². The van der Waals surface area contributed by atoms with Crippen LogP contribution in [-0.4, -0.2) is 21.6 Å². The summed E-state index contributed by atoms with van der Waals surface area (Å²) in [5, 5.41) is 4.19. The largest absolute Gasteiger partial charge is 0.274 e. The number of nitrogens with zero attached hydrogens (tertiary/aromatic N) is 3. The SMILES string of the molecule is O=C1[C@@H]2CC=CC[C@H]2C(=O)N1c1cccc(Cn2cccn2)c1. The molecule has 1 aromatic carbocycles. The molecule has 2 aromatic rings. The minimum absolute atomic E-state index is 0.0689. The Morgan fingerprint density at radius 1 is 1.04 bits per heavy atom. The first-order valence-corrected chi connectivity index (χ1v) is 7.83. The van der Waals surface area contributed by atoms with Gasteiger partial charge < -0.3 is 0 Å². The van der Waals surface area contributed by atoms with Gasteiger partial charge in [-0.2, -0.15) is 5.10 Å². The molecule has 0 N–H and O–H groups in total. The maximum absolute atomic E-state index is 12.6. The second-order valence-corrected chi connectivity index (χ2v) is 6.04. The lowest BCUT2D eigenvalue weighted by molar-refractivity contribution is -0.122. The lowest BCUT2D eigenvalue weighted by Crippen LogP contribution is -2.30. The van der Waals surface area contributed by atoms with E-state index in [-0.39, 0.29) is 23.7 Å². The van der Waals surface area contributed by atoms with Crippen molar-refractivity contribution < 1.29 is 9.59 Å². The van der Waals surface area contributed by atoms with Gasteiger partial charge in [0.05, 0.1) is 24.1 Å². The molecule has 1 aromatic heterocycles. The zero-order valence-corrected chi connectivity index (χ0v) is 12.6. The van der Waals surface area contributed by atoms with Crippen molar-refractivity contribution >= 4 is 17.5 Å². The van der Waals surface area contributed by atoms with Crippen LogP contribution >= 0.6 is 0 Å². The Bertz CT molecular complexity index is 753. The summed E-state index contributed by atoms with van der Waals surface area (Å²) in [4.78, 5) is 26.6. The molecule has 0 radical (unpaired) electrons. The van der Waals surface area contributed by atoms with Crippen molar-refractivity contribution in [3.8, 4) is 0 Å². The van der Waals surface area contributed by atoms with Gasteiger partial charge in [0.1, 0.15) is 0 Å². The molecule has 2 aliphatic rings. The third-order valence-corrected chi connectivity index (χ3v) is 4.58. The average Bonchev–Trinajstić information content (AvgIpc) is 3.16. The summed E-state index contributed by atoms with van der Waals surface area (Å²) in [5.74, 6) is -0.522. The minimum atomic E-state index is -0.192. The summed E-state index contributed by atoms with van der Waals surface area (Å²) in [6.07, 6.45) is 8.96. The predicted octanol–water partition coefficient (Wildman–Crippen LogP) is 2.39. The van der Waals surface area contributed by atoms with Crippen LogP contribution in [0.3, 0.4) is 0 Å². The average molecular weight is 307 g/mol. The summed E-state index contributed by atoms with van der Waals surface area (Å²) in [7, 11) is 0. The number of benzene rings is 1. The van der Waals surface area contributed by atoms with E-state index in [0.29, 0.717) is 25.1 Å². The molecule has 2 amide bonds. The van der Waals surface area contributed by atoms with Gasteiger partial charge in [0, 0.05) is 12.4 Å². The summed E-state index contributed by atoms with van der Waals surface area (Å²) in [6.45, 7) is 0.617. The van der Waals surface area contributed by atoms with Gasteiger partial charge in [-0.3, -0.25) is 19.2 Å². The second-order valence-electron chi connectivity index (χ2n) is 6.04. The van der Waals surface area contributed by atoms with Crippen LogP contribution in [0.15, 0.2) is 54.9 Å². The monoisotopic (exact) mass is 307 g/mol. The molecule has 0 spiro atoms. The van der Waals surface area contributed by atoms with Crippen LogP contribution in [0.2, 0.25) is 0 Å². The van der Waals surface area contributed by atoms with Crippen LogP contribution in [0.4, 0.5) is 5.69 Å². The lowest BCUT2D eigenvalue weighted by Gasteiger charge is -2.16. The van der Waals surface area contributed by atoms with E-state index in [1.807, 2.05) is 53.4 Å². The predicted molar refractivity (Wildman–Crippen MR) is 85.6 cm³/mol. The number of anilines is 1. The summed E-state index contributed by atoms with van der Waals surface area (Å²) in [6, 6.07) is 9.46. The molecule has 1 saturated heterocycles. The van der Waals surface area contributed by atoms with E-state index in [0.717, 1.165) is 5.56 Å². The molecule has 0 saturated carbocycles. The molecule has 1 aliphatic heterocycles. The fourth-order valence-electron chi connectivity index (χ4n) is 3.43. The van der Waals surface area contributed by atoms with Crippen LogP contribution in [-0.2, 0) is 16.1 Å². The third-order valence-electron chi connectivity index (χ3n) is 4.58. The lowest BCUT2D eigenvalue weighted by atomic mass is 9.85. The minimum Gasteiger partial charge on any atom is -0.274 e. The molecular formula is C18H17N3O2. The van der Waals surface area contributed by atoms with Crippen molar-refractivity contribution in [2.45, 2.75) is 19.4 Å². The zero-order valence-electron chi connectivity index (χ0n) is 12.6. The van der Waals surface area contributed by atoms with Gasteiger partial charge >= 0.3 is 0 Å². The van der Waals surface area contributed by atoms with Crippen LogP contribution in [0, 0.1) is 11.8 Å². The van der Waals surface area contributed by atoms with Gasteiger partial charge in [-0.1, -0.05) is 24.3 Å². The Balaban J connectivity index is 1.63. The van der Waals surface area contributed by atoms with E-state index >= 15 is 0 Å². The molecule has 4 rings (SSSR count). The fraction of sp³-hybridized carbons (Fsp3) is 0.278. The van der Waals surface area contributed by atoms with Gasteiger partial charge in [0.15, 0.2) is 0 Å². The van der Waals surface area contributed by atoms with E-state index in [1.165, 1.54) is 4.90 Å². The Kier molecular flexibility index (Phi) is 3.33. The molecule has 1 fully saturated rings. The summed E-state index contributed by atoms with van der Waals surface area (Å²) < 4.78 is 1.82. The highest BCUT2D eigenvalue weighted by Gasteiger charge is 2.47. The zero-order chi connectivity index (χ0) is 15.8. The number of carbonyl (C=O) groups excluding carboxylic acids is 2. The Labute approximate surface area is 134 Å². The summed E-state index contributed by atoms with van der Waals surface area (Å²) in [5.41, 5.74) is 1.68. The molecule has 0 bridgehead atoms. The van der Waals surface area contributed by atoms with Crippen molar-refractivity contribution in [2.24, 2.45) is 11.8 Å². The van der Waals surface area contributed by atoms with Crippen LogP contribution in [0.1, 0.15) is 18.4 Å². The Morgan fingerprint density at radius 3 is 2.43 bits per heavy atom. The van der Waals surface area contributed by atoms with Gasteiger partial charge in [-0.25, -0.2) is 0 Å². The molecule has 2 heterocycles. The van der Waals surface area contributed by atoms with Crippen molar-refractivity contribution in [1.29, 1.82) is 0 Å². The van der Waals surface area contributed by atoms with Crippen LogP contribution < -0.4 is 4.90 Å². The Hall–Kier alpha value is -2.69. The number of hydrogen-bond acceptors (Lipinski definition) is 3. The van der Waals surface area contributed by atoms with E-state index in [1.54, 1.807) is 6.20 Å². The topological polar surface area (TPSA) is 55.2 Å². The molecule has 2 atom stereocenters. The normalized spacial score (nSPS) is 23.4. The van der Waals surface area contributed by atoms with E-state index < -0.39 is 0 Å². The number of fused-ring (bicyclic) bond motifs is 1. The maximum atomic E-state index is 12.6. The number of imide groups is 1. The van der Waals surface area contributed by atoms with Crippen molar-refractivity contribution in [2.75, 3.05) is 4.90 Å².